The molecule has 4 rings (SSSR count). The van der Waals surface area contributed by atoms with Crippen molar-refractivity contribution in [3.8, 4) is 11.5 Å². The number of ketones is 1. The third-order valence-corrected chi connectivity index (χ3v) is 5.47. The van der Waals surface area contributed by atoms with Gasteiger partial charge in [-0.25, -0.2) is 0 Å². The molecule has 5 heteroatoms. The van der Waals surface area contributed by atoms with Crippen LogP contribution in [-0.2, 0) is 0 Å². The van der Waals surface area contributed by atoms with E-state index < -0.39 is 0 Å². The summed E-state index contributed by atoms with van der Waals surface area (Å²) in [7, 11) is 4.00. The summed E-state index contributed by atoms with van der Waals surface area (Å²) in [4.78, 5) is 17.1. The van der Waals surface area contributed by atoms with Gasteiger partial charge in [0.25, 0.3) is 0 Å². The van der Waals surface area contributed by atoms with Crippen LogP contribution in [0.1, 0.15) is 35.2 Å². The van der Waals surface area contributed by atoms with Crippen molar-refractivity contribution in [2.24, 2.45) is 0 Å². The molecular formula is C24H28N2O3. The molecule has 1 saturated heterocycles. The molecule has 29 heavy (non-hydrogen) atoms. The minimum atomic E-state index is -0.0865. The Kier molecular flexibility index (Phi) is 5.86. The number of anilines is 1. The second kappa shape index (κ2) is 8.70. The van der Waals surface area contributed by atoms with Gasteiger partial charge in [0, 0.05) is 32.4 Å². The molecule has 0 saturated carbocycles. The number of hydrogen-bond acceptors (Lipinski definition) is 5. The minimum absolute atomic E-state index is 0.0865. The Morgan fingerprint density at radius 1 is 1.07 bits per heavy atom. The second-order valence-electron chi connectivity index (χ2n) is 7.83. The van der Waals surface area contributed by atoms with E-state index >= 15 is 0 Å². The lowest BCUT2D eigenvalue weighted by molar-refractivity contribution is 0.101. The van der Waals surface area contributed by atoms with Crippen molar-refractivity contribution in [2.45, 2.75) is 19.3 Å². The van der Waals surface area contributed by atoms with Crippen LogP contribution in [-0.4, -0.2) is 51.0 Å². The summed E-state index contributed by atoms with van der Waals surface area (Å²) < 4.78 is 11.7. The molecule has 0 radical (unpaired) electrons. The average molecular weight is 392 g/mol. The number of likely N-dealkylation sites (tertiary alicyclic amines) is 1. The Morgan fingerprint density at radius 3 is 2.55 bits per heavy atom. The number of hydrogen-bond donors (Lipinski definition) is 0. The second-order valence-corrected chi connectivity index (χ2v) is 7.83. The summed E-state index contributed by atoms with van der Waals surface area (Å²) in [6, 6.07) is 13.5. The Labute approximate surface area is 172 Å². The van der Waals surface area contributed by atoms with Crippen LogP contribution in [0, 0.1) is 0 Å². The fraction of sp³-hybridized carbons (Fsp3) is 0.375. The molecule has 2 aliphatic rings. The van der Waals surface area contributed by atoms with E-state index in [2.05, 4.69) is 4.90 Å². The maximum atomic E-state index is 12.7. The molecule has 2 aliphatic heterocycles. The van der Waals surface area contributed by atoms with Gasteiger partial charge in [-0.05, 0) is 61.8 Å². The van der Waals surface area contributed by atoms with Crippen molar-refractivity contribution in [1.82, 2.24) is 4.90 Å². The third kappa shape index (κ3) is 4.62. The zero-order valence-electron chi connectivity index (χ0n) is 17.2. The summed E-state index contributed by atoms with van der Waals surface area (Å²) in [5.41, 5.74) is 2.63. The molecule has 1 fully saturated rings. The van der Waals surface area contributed by atoms with Gasteiger partial charge in [0.15, 0.2) is 5.76 Å². The number of ether oxygens (including phenoxy) is 2. The lowest BCUT2D eigenvalue weighted by Crippen LogP contribution is -2.33. The van der Waals surface area contributed by atoms with Crippen LogP contribution in [0.3, 0.4) is 0 Å². The number of benzene rings is 2. The lowest BCUT2D eigenvalue weighted by atomic mass is 10.1. The number of piperidine rings is 1. The summed E-state index contributed by atoms with van der Waals surface area (Å²) in [6.07, 6.45) is 5.69. The van der Waals surface area contributed by atoms with Crippen LogP contribution in [0.25, 0.3) is 6.08 Å². The minimum Gasteiger partial charge on any atom is -0.492 e. The van der Waals surface area contributed by atoms with E-state index in [1.165, 1.54) is 19.3 Å². The van der Waals surface area contributed by atoms with Crippen LogP contribution >= 0.6 is 0 Å². The largest absolute Gasteiger partial charge is 0.492 e. The van der Waals surface area contributed by atoms with Crippen molar-refractivity contribution in [2.75, 3.05) is 45.2 Å². The standard InChI is InChI=1S/C24H28N2O3/c1-25(2)19-8-6-18(7-9-19)16-23-24(27)21-11-10-20(17-22(21)29-23)28-15-14-26-12-4-3-5-13-26/h6-11,16-17H,3-5,12-15H2,1-2H3/b23-16-. The quantitative estimate of drug-likeness (QED) is 0.688. The first-order valence-corrected chi connectivity index (χ1v) is 10.3. The van der Waals surface area contributed by atoms with E-state index in [1.807, 2.05) is 55.4 Å². The highest BCUT2D eigenvalue weighted by Gasteiger charge is 2.27. The van der Waals surface area contributed by atoms with Gasteiger partial charge in [0.2, 0.25) is 5.78 Å². The van der Waals surface area contributed by atoms with E-state index in [-0.39, 0.29) is 5.78 Å². The first kappa shape index (κ1) is 19.5. The molecule has 5 nitrogen and oxygen atoms in total. The molecule has 0 bridgehead atoms. The summed E-state index contributed by atoms with van der Waals surface area (Å²) in [5, 5.41) is 0. The third-order valence-electron chi connectivity index (χ3n) is 5.47. The van der Waals surface area contributed by atoms with Crippen molar-refractivity contribution in [3.63, 3.8) is 0 Å². The molecule has 2 aromatic rings. The van der Waals surface area contributed by atoms with Crippen LogP contribution in [0.5, 0.6) is 11.5 Å². The SMILES string of the molecule is CN(C)c1ccc(/C=C2\Oc3cc(OCCN4CCCCC4)ccc3C2=O)cc1. The van der Waals surface area contributed by atoms with Gasteiger partial charge in [-0.15, -0.1) is 0 Å². The first-order chi connectivity index (χ1) is 14.1. The van der Waals surface area contributed by atoms with Crippen LogP contribution in [0.2, 0.25) is 0 Å². The van der Waals surface area contributed by atoms with Gasteiger partial charge in [0.1, 0.15) is 18.1 Å². The molecule has 0 N–H and O–H groups in total. The van der Waals surface area contributed by atoms with E-state index in [0.29, 0.717) is 23.7 Å². The van der Waals surface area contributed by atoms with Gasteiger partial charge in [-0.2, -0.15) is 0 Å². The molecule has 0 unspecified atom stereocenters. The molecule has 0 atom stereocenters. The lowest BCUT2D eigenvalue weighted by Gasteiger charge is -2.26. The Bertz CT molecular complexity index is 897. The number of carbonyl (C=O) groups excluding carboxylic acids is 1. The summed E-state index contributed by atoms with van der Waals surface area (Å²) >= 11 is 0. The molecule has 0 aliphatic carbocycles. The predicted octanol–water partition coefficient (Wildman–Crippen LogP) is 4.23. The molecule has 0 amide bonds. The fourth-order valence-electron chi connectivity index (χ4n) is 3.75. The Balaban J connectivity index is 1.39. The average Bonchev–Trinajstić information content (AvgIpc) is 3.04. The maximum absolute atomic E-state index is 12.7. The molecular weight excluding hydrogens is 364 g/mol. The molecule has 0 aromatic heterocycles. The number of rotatable bonds is 6. The fourth-order valence-corrected chi connectivity index (χ4v) is 3.75. The molecule has 0 spiro atoms. The topological polar surface area (TPSA) is 42.0 Å². The van der Waals surface area contributed by atoms with Crippen molar-refractivity contribution in [1.29, 1.82) is 0 Å². The molecule has 2 aromatic carbocycles. The van der Waals surface area contributed by atoms with Crippen molar-refractivity contribution in [3.05, 3.63) is 59.4 Å². The summed E-state index contributed by atoms with van der Waals surface area (Å²) in [5.74, 6) is 1.58. The molecule has 2 heterocycles. The highest BCUT2D eigenvalue weighted by atomic mass is 16.5. The Morgan fingerprint density at radius 2 is 1.83 bits per heavy atom. The highest BCUT2D eigenvalue weighted by Crippen LogP contribution is 2.35. The number of nitrogens with zero attached hydrogens (tertiary/aromatic N) is 2. The smallest absolute Gasteiger partial charge is 0.231 e. The van der Waals surface area contributed by atoms with Gasteiger partial charge < -0.3 is 14.4 Å². The predicted molar refractivity (Wildman–Crippen MR) is 116 cm³/mol. The monoisotopic (exact) mass is 392 g/mol. The maximum Gasteiger partial charge on any atom is 0.231 e. The number of fused-ring (bicyclic) bond motifs is 1. The first-order valence-electron chi connectivity index (χ1n) is 10.3. The number of carbonyl (C=O) groups is 1. The zero-order valence-corrected chi connectivity index (χ0v) is 17.2. The van der Waals surface area contributed by atoms with Gasteiger partial charge in [-0.3, -0.25) is 9.69 Å². The van der Waals surface area contributed by atoms with Crippen LogP contribution in [0.4, 0.5) is 5.69 Å². The van der Waals surface area contributed by atoms with Crippen LogP contribution < -0.4 is 14.4 Å². The van der Waals surface area contributed by atoms with E-state index in [4.69, 9.17) is 9.47 Å². The number of Topliss-reactive ketones (excluding diaryl/α,β-unsaturated/α-hetero) is 1. The van der Waals surface area contributed by atoms with Crippen molar-refractivity contribution >= 4 is 17.5 Å². The zero-order chi connectivity index (χ0) is 20.2. The summed E-state index contributed by atoms with van der Waals surface area (Å²) in [6.45, 7) is 3.91. The van der Waals surface area contributed by atoms with E-state index in [0.717, 1.165) is 36.6 Å². The van der Waals surface area contributed by atoms with Crippen LogP contribution in [0.15, 0.2) is 48.2 Å². The van der Waals surface area contributed by atoms with Gasteiger partial charge in [-0.1, -0.05) is 18.6 Å². The van der Waals surface area contributed by atoms with Gasteiger partial charge in [0.05, 0.1) is 5.56 Å². The van der Waals surface area contributed by atoms with Gasteiger partial charge >= 0.3 is 0 Å². The normalized spacial score (nSPS) is 17.9. The molecule has 152 valence electrons. The van der Waals surface area contributed by atoms with Crippen molar-refractivity contribution < 1.29 is 14.3 Å². The number of allylic oxidation sites excluding steroid dienone is 1. The van der Waals surface area contributed by atoms with E-state index in [1.54, 1.807) is 12.1 Å². The highest BCUT2D eigenvalue weighted by molar-refractivity contribution is 6.14. The van der Waals surface area contributed by atoms with E-state index in [9.17, 15) is 4.79 Å². The Hall–Kier alpha value is -2.79.